The number of aryl methyl sites for hydroxylation is 2. The van der Waals surface area contributed by atoms with Gasteiger partial charge in [0.05, 0.1) is 11.2 Å². The van der Waals surface area contributed by atoms with Gasteiger partial charge in [-0.15, -0.1) is 0 Å². The molecule has 0 radical (unpaired) electrons. The van der Waals surface area contributed by atoms with Crippen molar-refractivity contribution in [3.63, 3.8) is 0 Å². The lowest BCUT2D eigenvalue weighted by Crippen LogP contribution is -2.06. The number of para-hydroxylation sites is 1. The Balaban J connectivity index is 2.12. The van der Waals surface area contributed by atoms with Gasteiger partial charge in [0, 0.05) is 9.86 Å². The van der Waals surface area contributed by atoms with E-state index in [0.29, 0.717) is 5.69 Å². The van der Waals surface area contributed by atoms with E-state index in [2.05, 4.69) is 27.0 Å². The number of nitrogens with zero attached hydrogens (tertiary/aromatic N) is 1. The summed E-state index contributed by atoms with van der Waals surface area (Å²) in [5.74, 6) is 0. The number of aromatic nitrogens is 1. The summed E-state index contributed by atoms with van der Waals surface area (Å²) in [5, 5.41) is 11.8. The molecule has 0 bridgehead atoms. The van der Waals surface area contributed by atoms with Crippen molar-refractivity contribution in [2.24, 2.45) is 0 Å². The number of rotatable bonds is 2. The lowest BCUT2D eigenvalue weighted by atomic mass is 9.98. The highest BCUT2D eigenvalue weighted by molar-refractivity contribution is 9.10. The Morgan fingerprint density at radius 3 is 2.57 bits per heavy atom. The Bertz CT molecular complexity index is 813. The van der Waals surface area contributed by atoms with Crippen LogP contribution in [0.15, 0.2) is 53.0 Å². The maximum Gasteiger partial charge on any atom is 0.122 e. The molecule has 1 heterocycles. The molecule has 1 unspecified atom stereocenters. The number of fused-ring (bicyclic) bond motifs is 1. The van der Waals surface area contributed by atoms with Gasteiger partial charge in [-0.3, -0.25) is 0 Å². The van der Waals surface area contributed by atoms with Gasteiger partial charge in [-0.05, 0) is 53.0 Å². The zero-order valence-electron chi connectivity index (χ0n) is 12.0. The molecule has 3 rings (SSSR count). The average molecular weight is 342 g/mol. The number of hydrogen-bond acceptors (Lipinski definition) is 2. The molecule has 0 fully saturated rings. The number of hydrogen-bond donors (Lipinski definition) is 1. The van der Waals surface area contributed by atoms with Gasteiger partial charge in [-0.25, -0.2) is 4.98 Å². The molecule has 0 aliphatic rings. The second kappa shape index (κ2) is 5.58. The van der Waals surface area contributed by atoms with Gasteiger partial charge in [0.1, 0.15) is 6.10 Å². The zero-order chi connectivity index (χ0) is 15.0. The third kappa shape index (κ3) is 2.71. The van der Waals surface area contributed by atoms with Crippen LogP contribution in [0.4, 0.5) is 0 Å². The number of pyridine rings is 1. The van der Waals surface area contributed by atoms with Crippen molar-refractivity contribution in [1.29, 1.82) is 0 Å². The van der Waals surface area contributed by atoms with E-state index in [1.165, 1.54) is 5.56 Å². The Morgan fingerprint density at radius 2 is 1.81 bits per heavy atom. The molecule has 3 heteroatoms. The van der Waals surface area contributed by atoms with Crippen LogP contribution in [0.1, 0.15) is 28.5 Å². The van der Waals surface area contributed by atoms with E-state index in [0.717, 1.165) is 26.5 Å². The van der Waals surface area contributed by atoms with Crippen molar-refractivity contribution in [2.45, 2.75) is 20.0 Å². The predicted molar refractivity (Wildman–Crippen MR) is 89.4 cm³/mol. The van der Waals surface area contributed by atoms with Crippen molar-refractivity contribution >= 4 is 26.8 Å². The average Bonchev–Trinajstić information content (AvgIpc) is 2.46. The second-order valence-electron chi connectivity index (χ2n) is 5.31. The van der Waals surface area contributed by atoms with E-state index in [1.807, 2.05) is 56.3 Å². The molecule has 1 N–H and O–H groups in total. The summed E-state index contributed by atoms with van der Waals surface area (Å²) in [5.41, 5.74) is 4.70. The molecule has 2 aromatic carbocycles. The molecule has 1 atom stereocenters. The van der Waals surface area contributed by atoms with E-state index in [-0.39, 0.29) is 0 Å². The van der Waals surface area contributed by atoms with Crippen molar-refractivity contribution < 1.29 is 5.11 Å². The molecular weight excluding hydrogens is 326 g/mol. The van der Waals surface area contributed by atoms with Crippen LogP contribution in [0, 0.1) is 13.8 Å². The summed E-state index contributed by atoms with van der Waals surface area (Å²) < 4.78 is 0.827. The first-order chi connectivity index (χ1) is 10.1. The molecular formula is C18H16BrNO. The van der Waals surface area contributed by atoms with Gasteiger partial charge in [-0.2, -0.15) is 0 Å². The fourth-order valence-electron chi connectivity index (χ4n) is 2.58. The van der Waals surface area contributed by atoms with Crippen molar-refractivity contribution in [1.82, 2.24) is 4.98 Å². The van der Waals surface area contributed by atoms with E-state index in [1.54, 1.807) is 0 Å². The van der Waals surface area contributed by atoms with Gasteiger partial charge in [-0.1, -0.05) is 42.0 Å². The number of halogens is 1. The van der Waals surface area contributed by atoms with Crippen LogP contribution >= 0.6 is 15.9 Å². The maximum absolute atomic E-state index is 10.7. The summed E-state index contributed by atoms with van der Waals surface area (Å²) in [6, 6.07) is 16.0. The molecule has 3 aromatic rings. The topological polar surface area (TPSA) is 33.1 Å². The van der Waals surface area contributed by atoms with Crippen LogP contribution in [0.25, 0.3) is 10.9 Å². The number of aliphatic hydroxyl groups is 1. The monoisotopic (exact) mass is 341 g/mol. The number of benzene rings is 2. The van der Waals surface area contributed by atoms with Gasteiger partial charge in [0.25, 0.3) is 0 Å². The fourth-order valence-corrected chi connectivity index (χ4v) is 3.13. The van der Waals surface area contributed by atoms with Gasteiger partial charge >= 0.3 is 0 Å². The highest BCUT2D eigenvalue weighted by Gasteiger charge is 2.18. The third-order valence-electron chi connectivity index (χ3n) is 3.68. The third-order valence-corrected chi connectivity index (χ3v) is 4.32. The minimum atomic E-state index is -0.732. The Kier molecular flexibility index (Phi) is 3.79. The molecule has 0 saturated heterocycles. The van der Waals surface area contributed by atoms with Crippen molar-refractivity contribution in [2.75, 3.05) is 0 Å². The zero-order valence-corrected chi connectivity index (χ0v) is 13.6. The SMILES string of the molecule is Cc1ccc(C(O)c2nc3ccccc3cc2Br)c(C)c1. The Hall–Kier alpha value is -1.71. The largest absolute Gasteiger partial charge is 0.382 e. The van der Waals surface area contributed by atoms with E-state index in [4.69, 9.17) is 0 Å². The summed E-state index contributed by atoms with van der Waals surface area (Å²) >= 11 is 3.53. The van der Waals surface area contributed by atoms with Crippen molar-refractivity contribution in [3.05, 3.63) is 75.4 Å². The molecule has 0 saturated carbocycles. The van der Waals surface area contributed by atoms with Crippen molar-refractivity contribution in [3.8, 4) is 0 Å². The van der Waals surface area contributed by atoms with Crippen LogP contribution < -0.4 is 0 Å². The van der Waals surface area contributed by atoms with E-state index in [9.17, 15) is 5.11 Å². The molecule has 106 valence electrons. The van der Waals surface area contributed by atoms with Gasteiger partial charge < -0.3 is 5.11 Å². The summed E-state index contributed by atoms with van der Waals surface area (Å²) in [4.78, 5) is 4.62. The summed E-state index contributed by atoms with van der Waals surface area (Å²) in [6.45, 7) is 4.06. The highest BCUT2D eigenvalue weighted by atomic mass is 79.9. The lowest BCUT2D eigenvalue weighted by molar-refractivity contribution is 0.214. The Labute approximate surface area is 132 Å². The molecule has 2 nitrogen and oxygen atoms in total. The Morgan fingerprint density at radius 1 is 1.05 bits per heavy atom. The first-order valence-electron chi connectivity index (χ1n) is 6.86. The molecule has 21 heavy (non-hydrogen) atoms. The predicted octanol–water partition coefficient (Wildman–Crippen LogP) is 4.70. The smallest absolute Gasteiger partial charge is 0.122 e. The van der Waals surface area contributed by atoms with E-state index < -0.39 is 6.10 Å². The molecule has 0 aliphatic heterocycles. The minimum Gasteiger partial charge on any atom is -0.382 e. The van der Waals surface area contributed by atoms with Crippen LogP contribution in [-0.4, -0.2) is 10.1 Å². The standard InChI is InChI=1S/C18H16BrNO/c1-11-7-8-14(12(2)9-11)18(21)17-15(19)10-13-5-3-4-6-16(13)20-17/h3-10,18,21H,1-2H3. The quantitative estimate of drug-likeness (QED) is 0.733. The van der Waals surface area contributed by atoms with E-state index >= 15 is 0 Å². The summed E-state index contributed by atoms with van der Waals surface area (Å²) in [7, 11) is 0. The van der Waals surface area contributed by atoms with Crippen LogP contribution in [0.2, 0.25) is 0 Å². The molecule has 0 amide bonds. The minimum absolute atomic E-state index is 0.653. The van der Waals surface area contributed by atoms with Crippen LogP contribution in [-0.2, 0) is 0 Å². The van der Waals surface area contributed by atoms with Gasteiger partial charge in [0.15, 0.2) is 0 Å². The van der Waals surface area contributed by atoms with Crippen LogP contribution in [0.5, 0.6) is 0 Å². The first kappa shape index (κ1) is 14.2. The highest BCUT2D eigenvalue weighted by Crippen LogP contribution is 2.31. The normalized spacial score (nSPS) is 12.6. The van der Waals surface area contributed by atoms with Gasteiger partial charge in [0.2, 0.25) is 0 Å². The molecule has 1 aromatic heterocycles. The molecule has 0 aliphatic carbocycles. The lowest BCUT2D eigenvalue weighted by Gasteiger charge is -2.16. The number of aliphatic hydroxyl groups excluding tert-OH is 1. The fraction of sp³-hybridized carbons (Fsp3) is 0.167. The second-order valence-corrected chi connectivity index (χ2v) is 6.17. The first-order valence-corrected chi connectivity index (χ1v) is 7.66. The summed E-state index contributed by atoms with van der Waals surface area (Å²) in [6.07, 6.45) is -0.732. The molecule has 0 spiro atoms. The maximum atomic E-state index is 10.7. The van der Waals surface area contributed by atoms with Crippen LogP contribution in [0.3, 0.4) is 0 Å².